The third-order valence-electron chi connectivity index (χ3n) is 3.51. The van der Waals surface area contributed by atoms with Crippen LogP contribution in [0.25, 0.3) is 5.82 Å². The van der Waals surface area contributed by atoms with E-state index in [4.69, 9.17) is 23.2 Å². The van der Waals surface area contributed by atoms with Gasteiger partial charge in [-0.1, -0.05) is 29.3 Å². The van der Waals surface area contributed by atoms with Crippen molar-refractivity contribution in [2.45, 2.75) is 19.3 Å². The van der Waals surface area contributed by atoms with Crippen molar-refractivity contribution in [3.8, 4) is 5.82 Å². The van der Waals surface area contributed by atoms with Gasteiger partial charge in [0.1, 0.15) is 10.2 Å². The minimum atomic E-state index is -0.380. The van der Waals surface area contributed by atoms with E-state index in [2.05, 4.69) is 15.0 Å². The Morgan fingerprint density at radius 1 is 1.10 bits per heavy atom. The lowest BCUT2D eigenvalue weighted by atomic mass is 10.1. The van der Waals surface area contributed by atoms with Gasteiger partial charge < -0.3 is 4.90 Å². The van der Waals surface area contributed by atoms with Gasteiger partial charge in [-0.3, -0.25) is 4.79 Å². The number of piperidine rings is 1. The SMILES string of the molecule is O=c1c(Cl)c(N2CCCCC2)cnn1-c1cccc(Cl)n1. The lowest BCUT2D eigenvalue weighted by Crippen LogP contribution is -2.32. The molecule has 1 saturated heterocycles. The summed E-state index contributed by atoms with van der Waals surface area (Å²) >= 11 is 12.1. The van der Waals surface area contributed by atoms with Crippen molar-refractivity contribution in [2.75, 3.05) is 18.0 Å². The van der Waals surface area contributed by atoms with E-state index in [-0.39, 0.29) is 10.6 Å². The standard InChI is InChI=1S/C14H14Cl2N4O/c15-11-5-4-6-12(18-11)20-14(21)13(16)10(9-17-20)19-7-2-1-3-8-19/h4-6,9H,1-3,7-8H2. The fourth-order valence-electron chi connectivity index (χ4n) is 2.46. The predicted molar refractivity (Wildman–Crippen MR) is 83.7 cm³/mol. The minimum absolute atomic E-state index is 0.175. The van der Waals surface area contributed by atoms with Gasteiger partial charge in [0, 0.05) is 13.1 Å². The fourth-order valence-corrected chi connectivity index (χ4v) is 2.87. The summed E-state index contributed by atoms with van der Waals surface area (Å²) in [7, 11) is 0. The lowest BCUT2D eigenvalue weighted by Gasteiger charge is -2.29. The van der Waals surface area contributed by atoms with Crippen LogP contribution in [0.1, 0.15) is 19.3 Å². The summed E-state index contributed by atoms with van der Waals surface area (Å²) in [6.07, 6.45) is 5.05. The molecule has 0 aliphatic carbocycles. The van der Waals surface area contributed by atoms with Gasteiger partial charge in [0.15, 0.2) is 5.82 Å². The first-order chi connectivity index (χ1) is 10.2. The molecule has 3 rings (SSSR count). The summed E-state index contributed by atoms with van der Waals surface area (Å²) in [4.78, 5) is 18.6. The summed E-state index contributed by atoms with van der Waals surface area (Å²) in [6.45, 7) is 1.81. The van der Waals surface area contributed by atoms with Crippen LogP contribution in [0.15, 0.2) is 29.2 Å². The molecular formula is C14H14Cl2N4O. The van der Waals surface area contributed by atoms with Gasteiger partial charge >= 0.3 is 0 Å². The van der Waals surface area contributed by atoms with Crippen LogP contribution in [0.4, 0.5) is 5.69 Å². The van der Waals surface area contributed by atoms with Crippen LogP contribution in [0.3, 0.4) is 0 Å². The first kappa shape index (κ1) is 14.4. The molecule has 0 aromatic carbocycles. The molecule has 0 N–H and O–H groups in total. The van der Waals surface area contributed by atoms with Gasteiger partial charge in [-0.25, -0.2) is 4.98 Å². The molecule has 2 aromatic heterocycles. The van der Waals surface area contributed by atoms with Gasteiger partial charge in [0.05, 0.1) is 11.9 Å². The number of halogens is 2. The van der Waals surface area contributed by atoms with E-state index in [1.807, 2.05) is 0 Å². The van der Waals surface area contributed by atoms with Crippen molar-refractivity contribution in [1.82, 2.24) is 14.8 Å². The summed E-state index contributed by atoms with van der Waals surface area (Å²) in [6, 6.07) is 5.02. The Hall–Kier alpha value is -1.59. The molecular weight excluding hydrogens is 311 g/mol. The molecule has 7 heteroatoms. The largest absolute Gasteiger partial charge is 0.369 e. The minimum Gasteiger partial charge on any atom is -0.369 e. The Kier molecular flexibility index (Phi) is 4.12. The molecule has 0 unspecified atom stereocenters. The number of anilines is 1. The van der Waals surface area contributed by atoms with E-state index in [1.165, 1.54) is 11.1 Å². The fraction of sp³-hybridized carbons (Fsp3) is 0.357. The second-order valence-electron chi connectivity index (χ2n) is 4.93. The quantitative estimate of drug-likeness (QED) is 0.797. The highest BCUT2D eigenvalue weighted by Gasteiger charge is 2.18. The highest BCUT2D eigenvalue weighted by molar-refractivity contribution is 6.33. The van der Waals surface area contributed by atoms with Crippen LogP contribution in [0, 0.1) is 0 Å². The Morgan fingerprint density at radius 2 is 1.86 bits per heavy atom. The first-order valence-corrected chi connectivity index (χ1v) is 7.58. The number of rotatable bonds is 2. The maximum atomic E-state index is 12.4. The van der Waals surface area contributed by atoms with Crippen LogP contribution >= 0.6 is 23.2 Å². The number of aromatic nitrogens is 3. The molecule has 3 heterocycles. The Morgan fingerprint density at radius 3 is 2.57 bits per heavy atom. The van der Waals surface area contributed by atoms with E-state index in [1.54, 1.807) is 24.4 Å². The van der Waals surface area contributed by atoms with Crippen molar-refractivity contribution in [3.05, 3.63) is 44.9 Å². The Labute approximate surface area is 132 Å². The van der Waals surface area contributed by atoms with Crippen LogP contribution in [-0.4, -0.2) is 27.9 Å². The lowest BCUT2D eigenvalue weighted by molar-refractivity contribution is 0.575. The Bertz CT molecular complexity index is 710. The average molecular weight is 325 g/mol. The maximum Gasteiger partial charge on any atom is 0.293 e. The van der Waals surface area contributed by atoms with E-state index >= 15 is 0 Å². The molecule has 21 heavy (non-hydrogen) atoms. The van der Waals surface area contributed by atoms with Crippen LogP contribution in [0.2, 0.25) is 10.2 Å². The molecule has 2 aromatic rings. The number of hydrogen-bond donors (Lipinski definition) is 0. The van der Waals surface area contributed by atoms with Crippen molar-refractivity contribution in [2.24, 2.45) is 0 Å². The van der Waals surface area contributed by atoms with E-state index in [9.17, 15) is 4.79 Å². The zero-order chi connectivity index (χ0) is 14.8. The van der Waals surface area contributed by atoms with Gasteiger partial charge in [-0.2, -0.15) is 9.78 Å². The molecule has 0 bridgehead atoms. The first-order valence-electron chi connectivity index (χ1n) is 6.82. The van der Waals surface area contributed by atoms with Crippen molar-refractivity contribution >= 4 is 28.9 Å². The third-order valence-corrected chi connectivity index (χ3v) is 4.08. The third kappa shape index (κ3) is 2.89. The zero-order valence-corrected chi connectivity index (χ0v) is 12.8. The summed E-state index contributed by atoms with van der Waals surface area (Å²) in [5, 5.41) is 4.66. The van der Waals surface area contributed by atoms with E-state index < -0.39 is 0 Å². The average Bonchev–Trinajstić information content (AvgIpc) is 2.51. The van der Waals surface area contributed by atoms with Crippen molar-refractivity contribution in [1.29, 1.82) is 0 Å². The van der Waals surface area contributed by atoms with Crippen molar-refractivity contribution < 1.29 is 0 Å². The van der Waals surface area contributed by atoms with Gasteiger partial charge in [0.2, 0.25) is 0 Å². The smallest absolute Gasteiger partial charge is 0.293 e. The molecule has 0 atom stereocenters. The van der Waals surface area contributed by atoms with E-state index in [0.29, 0.717) is 16.7 Å². The second-order valence-corrected chi connectivity index (χ2v) is 5.69. The summed E-state index contributed by atoms with van der Waals surface area (Å²) in [5.41, 5.74) is 0.314. The molecule has 0 amide bonds. The van der Waals surface area contributed by atoms with Crippen molar-refractivity contribution in [3.63, 3.8) is 0 Å². The molecule has 0 radical (unpaired) electrons. The maximum absolute atomic E-state index is 12.4. The van der Waals surface area contributed by atoms with Gasteiger partial charge in [-0.15, -0.1) is 0 Å². The molecule has 0 spiro atoms. The van der Waals surface area contributed by atoms with Crippen LogP contribution in [-0.2, 0) is 0 Å². The molecule has 110 valence electrons. The number of nitrogens with zero attached hydrogens (tertiary/aromatic N) is 4. The molecule has 5 nitrogen and oxygen atoms in total. The topological polar surface area (TPSA) is 51.0 Å². The molecule has 1 aliphatic heterocycles. The Balaban J connectivity index is 2.02. The second kappa shape index (κ2) is 6.03. The molecule has 0 saturated carbocycles. The molecule has 1 aliphatic rings. The predicted octanol–water partition coefficient (Wildman–Crippen LogP) is 2.92. The van der Waals surface area contributed by atoms with Crippen LogP contribution in [0.5, 0.6) is 0 Å². The summed E-state index contributed by atoms with van der Waals surface area (Å²) < 4.78 is 1.17. The normalized spacial score (nSPS) is 15.2. The number of hydrogen-bond acceptors (Lipinski definition) is 4. The monoisotopic (exact) mass is 324 g/mol. The zero-order valence-electron chi connectivity index (χ0n) is 11.3. The van der Waals surface area contributed by atoms with Crippen LogP contribution < -0.4 is 10.5 Å². The highest BCUT2D eigenvalue weighted by Crippen LogP contribution is 2.24. The summed E-state index contributed by atoms with van der Waals surface area (Å²) in [5.74, 6) is 0.361. The molecule has 1 fully saturated rings. The van der Waals surface area contributed by atoms with Gasteiger partial charge in [0.25, 0.3) is 5.56 Å². The highest BCUT2D eigenvalue weighted by atomic mass is 35.5. The van der Waals surface area contributed by atoms with E-state index in [0.717, 1.165) is 25.9 Å². The number of pyridine rings is 1. The van der Waals surface area contributed by atoms with Gasteiger partial charge in [-0.05, 0) is 31.4 Å².